The number of carbonyl (C=O) groups excluding carboxylic acids is 2. The molecule has 0 saturated carbocycles. The van der Waals surface area contributed by atoms with Crippen molar-refractivity contribution in [1.29, 1.82) is 0 Å². The van der Waals surface area contributed by atoms with E-state index in [1.165, 1.54) is 24.3 Å². The Bertz CT molecular complexity index is 682. The van der Waals surface area contributed by atoms with E-state index in [2.05, 4.69) is 10.9 Å². The van der Waals surface area contributed by atoms with Gasteiger partial charge in [-0.2, -0.15) is 0 Å². The minimum Gasteiger partial charge on any atom is -0.491 e. The number of hydrazine groups is 1. The number of nitrogens with one attached hydrogen (secondary N) is 2. The van der Waals surface area contributed by atoms with Crippen LogP contribution in [0.15, 0.2) is 48.5 Å². The monoisotopic (exact) mass is 316 g/mol. The number of halogens is 1. The fraction of sp³-hybridized carbons (Fsp3) is 0.176. The lowest BCUT2D eigenvalue weighted by Gasteiger charge is -2.10. The zero-order valence-corrected chi connectivity index (χ0v) is 12.8. The second-order valence-electron chi connectivity index (χ2n) is 5.11. The Balaban J connectivity index is 1.91. The van der Waals surface area contributed by atoms with Crippen molar-refractivity contribution in [3.05, 3.63) is 65.5 Å². The molecule has 0 unspecified atom stereocenters. The molecule has 2 aromatic carbocycles. The summed E-state index contributed by atoms with van der Waals surface area (Å²) in [5.74, 6) is -0.768. The smallest absolute Gasteiger partial charge is 0.269 e. The van der Waals surface area contributed by atoms with Gasteiger partial charge < -0.3 is 4.74 Å². The third-order valence-electron chi connectivity index (χ3n) is 2.88. The van der Waals surface area contributed by atoms with Crippen molar-refractivity contribution < 1.29 is 18.7 Å². The fourth-order valence-electron chi connectivity index (χ4n) is 1.82. The van der Waals surface area contributed by atoms with Gasteiger partial charge in [-0.3, -0.25) is 20.4 Å². The third kappa shape index (κ3) is 4.81. The Morgan fingerprint density at radius 2 is 1.30 bits per heavy atom. The normalized spacial score (nSPS) is 10.3. The largest absolute Gasteiger partial charge is 0.491 e. The first kappa shape index (κ1) is 16.5. The van der Waals surface area contributed by atoms with E-state index in [-0.39, 0.29) is 11.7 Å². The summed E-state index contributed by atoms with van der Waals surface area (Å²) < 4.78 is 18.3. The number of hydrogen-bond acceptors (Lipinski definition) is 3. The molecule has 5 nitrogen and oxygen atoms in total. The predicted molar refractivity (Wildman–Crippen MR) is 83.5 cm³/mol. The Morgan fingerprint density at radius 1 is 0.870 bits per heavy atom. The molecular weight excluding hydrogens is 299 g/mol. The lowest BCUT2D eigenvalue weighted by atomic mass is 10.2. The van der Waals surface area contributed by atoms with Gasteiger partial charge in [0.2, 0.25) is 0 Å². The first-order valence-corrected chi connectivity index (χ1v) is 7.08. The fourth-order valence-corrected chi connectivity index (χ4v) is 1.82. The van der Waals surface area contributed by atoms with Crippen LogP contribution in [0.4, 0.5) is 4.39 Å². The molecule has 23 heavy (non-hydrogen) atoms. The third-order valence-corrected chi connectivity index (χ3v) is 2.88. The van der Waals surface area contributed by atoms with E-state index in [9.17, 15) is 14.0 Å². The Morgan fingerprint density at radius 3 is 1.74 bits per heavy atom. The molecule has 0 aromatic heterocycles. The first-order chi connectivity index (χ1) is 11.0. The van der Waals surface area contributed by atoms with E-state index in [1.807, 2.05) is 13.8 Å². The number of carbonyl (C=O) groups is 2. The van der Waals surface area contributed by atoms with Crippen LogP contribution < -0.4 is 15.6 Å². The van der Waals surface area contributed by atoms with Crippen molar-refractivity contribution in [2.24, 2.45) is 0 Å². The minimum atomic E-state index is -0.530. The second-order valence-corrected chi connectivity index (χ2v) is 5.11. The van der Waals surface area contributed by atoms with Gasteiger partial charge in [0, 0.05) is 11.1 Å². The highest BCUT2D eigenvalue weighted by Gasteiger charge is 2.09. The van der Waals surface area contributed by atoms with Crippen LogP contribution in [0.25, 0.3) is 0 Å². The van der Waals surface area contributed by atoms with Gasteiger partial charge in [-0.25, -0.2) is 4.39 Å². The van der Waals surface area contributed by atoms with E-state index in [0.717, 1.165) is 0 Å². The lowest BCUT2D eigenvalue weighted by molar-refractivity contribution is 0.0846. The average Bonchev–Trinajstić information content (AvgIpc) is 2.53. The van der Waals surface area contributed by atoms with Crippen LogP contribution in [0.3, 0.4) is 0 Å². The zero-order valence-electron chi connectivity index (χ0n) is 12.8. The number of hydrogen-bond donors (Lipinski definition) is 2. The molecule has 2 N–H and O–H groups in total. The summed E-state index contributed by atoms with van der Waals surface area (Å²) in [6, 6.07) is 11.5. The van der Waals surface area contributed by atoms with Crippen LogP contribution in [-0.4, -0.2) is 17.9 Å². The van der Waals surface area contributed by atoms with Crippen LogP contribution in [0, 0.1) is 5.82 Å². The van der Waals surface area contributed by atoms with Gasteiger partial charge >= 0.3 is 0 Å². The average molecular weight is 316 g/mol. The van der Waals surface area contributed by atoms with Crippen LogP contribution in [0.1, 0.15) is 34.6 Å². The molecule has 0 fully saturated rings. The van der Waals surface area contributed by atoms with E-state index in [4.69, 9.17) is 4.74 Å². The van der Waals surface area contributed by atoms with Crippen molar-refractivity contribution in [2.45, 2.75) is 20.0 Å². The van der Waals surface area contributed by atoms with Gasteiger partial charge in [-0.15, -0.1) is 0 Å². The lowest BCUT2D eigenvalue weighted by Crippen LogP contribution is -2.41. The standard InChI is InChI=1S/C17H17FN2O3/c1-11(2)23-15-9-5-13(6-10-15)17(22)20-19-16(21)12-3-7-14(18)8-4-12/h3-11H,1-2H3,(H,19,21)(H,20,22). The highest BCUT2D eigenvalue weighted by Crippen LogP contribution is 2.13. The van der Waals surface area contributed by atoms with Crippen LogP contribution >= 0.6 is 0 Å². The molecule has 2 aromatic rings. The summed E-state index contributed by atoms with van der Waals surface area (Å²) >= 11 is 0. The highest BCUT2D eigenvalue weighted by molar-refractivity contribution is 5.99. The number of amides is 2. The molecule has 2 amide bonds. The Kier molecular flexibility index (Phi) is 5.30. The van der Waals surface area contributed by atoms with Gasteiger partial charge in [0.25, 0.3) is 11.8 Å². The summed E-state index contributed by atoms with van der Waals surface area (Å²) in [5, 5.41) is 0. The maximum Gasteiger partial charge on any atom is 0.269 e. The quantitative estimate of drug-likeness (QED) is 0.852. The highest BCUT2D eigenvalue weighted by atomic mass is 19.1. The topological polar surface area (TPSA) is 67.4 Å². The molecule has 0 aliphatic rings. The van der Waals surface area contributed by atoms with E-state index in [1.54, 1.807) is 24.3 Å². The molecule has 0 heterocycles. The molecule has 0 aliphatic heterocycles. The van der Waals surface area contributed by atoms with E-state index in [0.29, 0.717) is 11.3 Å². The zero-order chi connectivity index (χ0) is 16.8. The molecule has 2 rings (SSSR count). The Labute approximate surface area is 133 Å². The molecule has 0 aliphatic carbocycles. The van der Waals surface area contributed by atoms with Crippen molar-refractivity contribution in [3.63, 3.8) is 0 Å². The van der Waals surface area contributed by atoms with Crippen LogP contribution in [0.2, 0.25) is 0 Å². The molecule has 0 saturated heterocycles. The van der Waals surface area contributed by atoms with Gasteiger partial charge in [0.15, 0.2) is 0 Å². The maximum atomic E-state index is 12.8. The van der Waals surface area contributed by atoms with Gasteiger partial charge in [-0.05, 0) is 62.4 Å². The molecule has 0 spiro atoms. The SMILES string of the molecule is CC(C)Oc1ccc(C(=O)NNC(=O)c2ccc(F)cc2)cc1. The molecular formula is C17H17FN2O3. The molecule has 6 heteroatoms. The number of rotatable bonds is 4. The van der Waals surface area contributed by atoms with Crippen LogP contribution in [0.5, 0.6) is 5.75 Å². The second kappa shape index (κ2) is 7.40. The van der Waals surface area contributed by atoms with Gasteiger partial charge in [0.05, 0.1) is 6.10 Å². The van der Waals surface area contributed by atoms with Crippen molar-refractivity contribution in [2.75, 3.05) is 0 Å². The van der Waals surface area contributed by atoms with Gasteiger partial charge in [0.1, 0.15) is 11.6 Å². The van der Waals surface area contributed by atoms with Gasteiger partial charge in [-0.1, -0.05) is 0 Å². The molecule has 120 valence electrons. The predicted octanol–water partition coefficient (Wildman–Crippen LogP) is 2.69. The van der Waals surface area contributed by atoms with E-state index >= 15 is 0 Å². The van der Waals surface area contributed by atoms with Crippen LogP contribution in [-0.2, 0) is 0 Å². The summed E-state index contributed by atoms with van der Waals surface area (Å²) in [5.41, 5.74) is 5.19. The summed E-state index contributed by atoms with van der Waals surface area (Å²) in [6.45, 7) is 3.82. The summed E-state index contributed by atoms with van der Waals surface area (Å²) in [7, 11) is 0. The van der Waals surface area contributed by atoms with Crippen molar-refractivity contribution >= 4 is 11.8 Å². The number of ether oxygens (including phenoxy) is 1. The molecule has 0 atom stereocenters. The number of benzene rings is 2. The summed E-state index contributed by atoms with van der Waals surface area (Å²) in [6.07, 6.45) is 0.0460. The summed E-state index contributed by atoms with van der Waals surface area (Å²) in [4.78, 5) is 23.7. The molecule has 0 radical (unpaired) electrons. The first-order valence-electron chi connectivity index (χ1n) is 7.08. The van der Waals surface area contributed by atoms with Crippen molar-refractivity contribution in [3.8, 4) is 5.75 Å². The molecule has 0 bridgehead atoms. The maximum absolute atomic E-state index is 12.8. The minimum absolute atomic E-state index is 0.0460. The van der Waals surface area contributed by atoms with E-state index < -0.39 is 17.6 Å². The van der Waals surface area contributed by atoms with Crippen molar-refractivity contribution in [1.82, 2.24) is 10.9 Å². The Hall–Kier alpha value is -2.89.